The lowest BCUT2D eigenvalue weighted by Crippen LogP contribution is -2.39. The molecule has 2 aromatic heterocycles. The van der Waals surface area contributed by atoms with E-state index in [0.717, 1.165) is 13.1 Å². The Morgan fingerprint density at radius 3 is 2.82 bits per heavy atom. The fourth-order valence-corrected chi connectivity index (χ4v) is 2.96. The van der Waals surface area contributed by atoms with Gasteiger partial charge in [-0.15, -0.1) is 0 Å². The number of nitrogens with one attached hydrogen (secondary N) is 2. The van der Waals surface area contributed by atoms with Crippen molar-refractivity contribution in [2.24, 2.45) is 5.92 Å². The fourth-order valence-electron chi connectivity index (χ4n) is 2.82. The van der Waals surface area contributed by atoms with Gasteiger partial charge in [0.1, 0.15) is 5.82 Å². The van der Waals surface area contributed by atoms with Gasteiger partial charge in [0.2, 0.25) is 0 Å². The SMILES string of the molecule is Fc1ccccc1Cl.O=c1[nH]c2cccnc2c(=O)n1CC1CNCCOC1. The number of nitrogens with zero attached hydrogens (tertiary/aromatic N) is 2. The van der Waals surface area contributed by atoms with Gasteiger partial charge in [0.05, 0.1) is 23.8 Å². The van der Waals surface area contributed by atoms with Crippen LogP contribution in [0.3, 0.4) is 0 Å². The third-order valence-corrected chi connectivity index (χ3v) is 4.52. The molecular formula is C19H20ClFN4O3. The maximum Gasteiger partial charge on any atom is 0.328 e. The quantitative estimate of drug-likeness (QED) is 0.677. The first-order chi connectivity index (χ1) is 13.6. The molecule has 1 aliphatic rings. The van der Waals surface area contributed by atoms with Gasteiger partial charge in [0, 0.05) is 31.7 Å². The summed E-state index contributed by atoms with van der Waals surface area (Å²) in [7, 11) is 0. The van der Waals surface area contributed by atoms with E-state index in [1.54, 1.807) is 30.5 Å². The van der Waals surface area contributed by atoms with Gasteiger partial charge in [-0.1, -0.05) is 23.7 Å². The monoisotopic (exact) mass is 406 g/mol. The third kappa shape index (κ3) is 5.03. The molecule has 1 unspecified atom stereocenters. The summed E-state index contributed by atoms with van der Waals surface area (Å²) in [6.45, 7) is 3.04. The number of aromatic nitrogens is 3. The predicted molar refractivity (Wildman–Crippen MR) is 105 cm³/mol. The van der Waals surface area contributed by atoms with Gasteiger partial charge in [-0.2, -0.15) is 0 Å². The van der Waals surface area contributed by atoms with Crippen LogP contribution >= 0.6 is 11.6 Å². The van der Waals surface area contributed by atoms with Crippen LogP contribution < -0.4 is 16.6 Å². The van der Waals surface area contributed by atoms with Crippen LogP contribution in [0.4, 0.5) is 4.39 Å². The van der Waals surface area contributed by atoms with Crippen LogP contribution in [0.15, 0.2) is 52.2 Å². The van der Waals surface area contributed by atoms with Gasteiger partial charge in [0.15, 0.2) is 5.52 Å². The average Bonchev–Trinajstić information content (AvgIpc) is 2.97. The average molecular weight is 407 g/mol. The summed E-state index contributed by atoms with van der Waals surface area (Å²) in [5, 5.41) is 3.40. The zero-order valence-electron chi connectivity index (χ0n) is 15.0. The normalized spacial score (nSPS) is 16.9. The minimum atomic E-state index is -0.403. The lowest BCUT2D eigenvalue weighted by atomic mass is 10.1. The van der Waals surface area contributed by atoms with Gasteiger partial charge in [0.25, 0.3) is 5.56 Å². The number of aromatic amines is 1. The highest BCUT2D eigenvalue weighted by Gasteiger charge is 2.16. The molecule has 7 nitrogen and oxygen atoms in total. The number of halogens is 2. The third-order valence-electron chi connectivity index (χ3n) is 4.22. The Kier molecular flexibility index (Phi) is 6.91. The molecule has 0 bridgehead atoms. The van der Waals surface area contributed by atoms with Crippen molar-refractivity contribution in [3.05, 3.63) is 74.3 Å². The number of H-pyrrole nitrogens is 1. The molecule has 0 saturated carbocycles. The van der Waals surface area contributed by atoms with Gasteiger partial charge in [-0.25, -0.2) is 14.2 Å². The topological polar surface area (TPSA) is 89.0 Å². The molecule has 9 heteroatoms. The Morgan fingerprint density at radius 2 is 2.07 bits per heavy atom. The summed E-state index contributed by atoms with van der Waals surface area (Å²) in [5.41, 5.74) is -0.00284. The van der Waals surface area contributed by atoms with Gasteiger partial charge in [-0.3, -0.25) is 9.36 Å². The zero-order valence-corrected chi connectivity index (χ0v) is 15.8. The molecule has 1 atom stereocenters. The van der Waals surface area contributed by atoms with E-state index in [1.165, 1.54) is 16.7 Å². The highest BCUT2D eigenvalue weighted by atomic mass is 35.5. The molecule has 28 heavy (non-hydrogen) atoms. The fraction of sp³-hybridized carbons (Fsp3) is 0.316. The zero-order chi connectivity index (χ0) is 19.9. The second kappa shape index (κ2) is 9.59. The number of ether oxygens (including phenoxy) is 1. The summed E-state index contributed by atoms with van der Waals surface area (Å²) >= 11 is 5.33. The van der Waals surface area contributed by atoms with E-state index in [4.69, 9.17) is 16.3 Å². The van der Waals surface area contributed by atoms with Crippen LogP contribution in [-0.2, 0) is 11.3 Å². The number of fused-ring (bicyclic) bond motifs is 1. The van der Waals surface area contributed by atoms with Crippen molar-refractivity contribution in [1.29, 1.82) is 0 Å². The van der Waals surface area contributed by atoms with E-state index in [0.29, 0.717) is 25.3 Å². The Balaban J connectivity index is 0.000000236. The van der Waals surface area contributed by atoms with E-state index in [2.05, 4.69) is 15.3 Å². The lowest BCUT2D eigenvalue weighted by Gasteiger charge is -2.14. The Labute approximate surface area is 165 Å². The van der Waals surface area contributed by atoms with Crippen molar-refractivity contribution in [1.82, 2.24) is 19.9 Å². The van der Waals surface area contributed by atoms with E-state index in [9.17, 15) is 14.0 Å². The molecular weight excluding hydrogens is 387 g/mol. The summed E-state index contributed by atoms with van der Waals surface area (Å²) < 4.78 is 18.8. The minimum absolute atomic E-state index is 0.0949. The van der Waals surface area contributed by atoms with E-state index >= 15 is 0 Å². The Morgan fingerprint density at radius 1 is 1.25 bits per heavy atom. The molecule has 0 aliphatic carbocycles. The predicted octanol–water partition coefficient (Wildman–Crippen LogP) is 1.80. The number of pyridine rings is 1. The van der Waals surface area contributed by atoms with Crippen molar-refractivity contribution < 1.29 is 9.13 Å². The van der Waals surface area contributed by atoms with Crippen LogP contribution in [0, 0.1) is 11.7 Å². The number of hydrogen-bond acceptors (Lipinski definition) is 5. The van der Waals surface area contributed by atoms with Crippen LogP contribution in [0.5, 0.6) is 0 Å². The molecule has 148 valence electrons. The first-order valence-electron chi connectivity index (χ1n) is 8.82. The van der Waals surface area contributed by atoms with Crippen molar-refractivity contribution >= 4 is 22.6 Å². The van der Waals surface area contributed by atoms with Crippen molar-refractivity contribution in [3.63, 3.8) is 0 Å². The highest BCUT2D eigenvalue weighted by Crippen LogP contribution is 2.11. The van der Waals surface area contributed by atoms with Gasteiger partial charge < -0.3 is 15.0 Å². The molecule has 1 aromatic carbocycles. The van der Waals surface area contributed by atoms with Crippen LogP contribution in [0.1, 0.15) is 0 Å². The van der Waals surface area contributed by atoms with Gasteiger partial charge in [-0.05, 0) is 24.3 Å². The first-order valence-corrected chi connectivity index (χ1v) is 9.20. The van der Waals surface area contributed by atoms with Crippen LogP contribution in [-0.4, -0.2) is 40.8 Å². The maximum atomic E-state index is 12.3. The molecule has 4 rings (SSSR count). The molecule has 1 fully saturated rings. The minimum Gasteiger partial charge on any atom is -0.380 e. The second-order valence-corrected chi connectivity index (χ2v) is 6.71. The van der Waals surface area contributed by atoms with Gasteiger partial charge >= 0.3 is 5.69 Å². The molecule has 0 spiro atoms. The number of rotatable bonds is 2. The molecule has 2 N–H and O–H groups in total. The number of benzene rings is 1. The molecule has 0 radical (unpaired) electrons. The maximum absolute atomic E-state index is 12.3. The molecule has 0 amide bonds. The van der Waals surface area contributed by atoms with Crippen molar-refractivity contribution in [3.8, 4) is 0 Å². The van der Waals surface area contributed by atoms with E-state index < -0.39 is 5.69 Å². The van der Waals surface area contributed by atoms with Crippen molar-refractivity contribution in [2.75, 3.05) is 26.3 Å². The Bertz CT molecular complexity index is 1020. The second-order valence-electron chi connectivity index (χ2n) is 6.30. The molecule has 3 heterocycles. The van der Waals surface area contributed by atoms with E-state index in [-0.39, 0.29) is 27.8 Å². The van der Waals surface area contributed by atoms with Crippen molar-refractivity contribution in [2.45, 2.75) is 6.54 Å². The summed E-state index contributed by atoms with van der Waals surface area (Å²) in [5.74, 6) is -0.272. The smallest absolute Gasteiger partial charge is 0.328 e. The molecule has 1 saturated heterocycles. The van der Waals surface area contributed by atoms with Crippen LogP contribution in [0.2, 0.25) is 5.02 Å². The Hall–Kier alpha value is -2.55. The number of hydrogen-bond donors (Lipinski definition) is 2. The summed E-state index contributed by atoms with van der Waals surface area (Å²) in [6, 6.07) is 9.47. The highest BCUT2D eigenvalue weighted by molar-refractivity contribution is 6.30. The van der Waals surface area contributed by atoms with E-state index in [1.807, 2.05) is 0 Å². The standard InChI is InChI=1S/C13H16N4O3.C6H4ClF/c18-12-11-10(2-1-3-15-11)16-13(19)17(12)7-9-6-14-4-5-20-8-9;7-5-3-1-2-4-6(5)8/h1-3,9,14H,4-8H2,(H,16,19);1-4H. The lowest BCUT2D eigenvalue weighted by molar-refractivity contribution is 0.117. The largest absolute Gasteiger partial charge is 0.380 e. The summed E-state index contributed by atoms with van der Waals surface area (Å²) in [6.07, 6.45) is 1.54. The summed E-state index contributed by atoms with van der Waals surface area (Å²) in [4.78, 5) is 31.1. The molecule has 3 aromatic rings. The molecule has 1 aliphatic heterocycles. The first kappa shape index (κ1) is 20.2. The van der Waals surface area contributed by atoms with Crippen LogP contribution in [0.25, 0.3) is 11.0 Å².